The van der Waals surface area contributed by atoms with Gasteiger partial charge in [-0.15, -0.1) is 0 Å². The Balaban J connectivity index is 2.07. The first kappa shape index (κ1) is 20.4. The van der Waals surface area contributed by atoms with Gasteiger partial charge in [-0.2, -0.15) is 4.31 Å². The van der Waals surface area contributed by atoms with Gasteiger partial charge in [-0.05, 0) is 45.7 Å². The van der Waals surface area contributed by atoms with E-state index in [9.17, 15) is 18.0 Å². The van der Waals surface area contributed by atoms with E-state index in [4.69, 9.17) is 5.11 Å². The molecule has 1 aliphatic heterocycles. The number of carbonyl (C=O) groups is 2. The fourth-order valence-corrected chi connectivity index (χ4v) is 4.44. The van der Waals surface area contributed by atoms with Gasteiger partial charge in [0, 0.05) is 19.1 Å². The first-order chi connectivity index (χ1) is 12.1. The lowest BCUT2D eigenvalue weighted by molar-refractivity contribution is -0.142. The third-order valence-electron chi connectivity index (χ3n) is 4.92. The van der Waals surface area contributed by atoms with Crippen LogP contribution in [0.4, 0.5) is 0 Å². The molecule has 2 N–H and O–H groups in total. The molecule has 1 aliphatic rings. The molecule has 0 saturated carbocycles. The lowest BCUT2D eigenvalue weighted by Gasteiger charge is -2.32. The fraction of sp³-hybridized carbons (Fsp3) is 0.556. The molecule has 2 rings (SSSR count). The number of carboxylic acid groups (broad SMARTS) is 1. The average molecular weight is 382 g/mol. The zero-order valence-electron chi connectivity index (χ0n) is 15.3. The number of aryl methyl sites for hydroxylation is 1. The highest BCUT2D eigenvalue weighted by atomic mass is 32.2. The fourth-order valence-electron chi connectivity index (χ4n) is 2.92. The first-order valence-electron chi connectivity index (χ1n) is 8.73. The van der Waals surface area contributed by atoms with Crippen molar-refractivity contribution in [2.24, 2.45) is 11.8 Å². The van der Waals surface area contributed by atoms with E-state index in [1.54, 1.807) is 31.2 Å². The van der Waals surface area contributed by atoms with Crippen LogP contribution in [0, 0.1) is 18.8 Å². The molecule has 0 radical (unpaired) electrons. The van der Waals surface area contributed by atoms with Crippen LogP contribution in [0.5, 0.6) is 0 Å². The smallest absolute Gasteiger partial charge is 0.308 e. The molecule has 8 heteroatoms. The van der Waals surface area contributed by atoms with Crippen LogP contribution in [-0.2, 0) is 19.6 Å². The molecule has 7 nitrogen and oxygen atoms in total. The van der Waals surface area contributed by atoms with Gasteiger partial charge in [0.15, 0.2) is 0 Å². The van der Waals surface area contributed by atoms with E-state index in [2.05, 4.69) is 5.32 Å². The molecule has 26 heavy (non-hydrogen) atoms. The van der Waals surface area contributed by atoms with E-state index in [1.165, 1.54) is 11.2 Å². The van der Waals surface area contributed by atoms with Crippen LogP contribution in [0.2, 0.25) is 0 Å². The van der Waals surface area contributed by atoms with Gasteiger partial charge >= 0.3 is 5.97 Å². The third-order valence-corrected chi connectivity index (χ3v) is 6.80. The van der Waals surface area contributed by atoms with E-state index in [-0.39, 0.29) is 17.3 Å². The number of carboxylic acids is 1. The van der Waals surface area contributed by atoms with Crippen LogP contribution in [0.1, 0.15) is 32.3 Å². The Morgan fingerprint density at radius 3 is 2.42 bits per heavy atom. The van der Waals surface area contributed by atoms with Crippen molar-refractivity contribution >= 4 is 21.9 Å². The molecule has 1 fully saturated rings. The summed E-state index contributed by atoms with van der Waals surface area (Å²) in [5.74, 6) is -2.47. The van der Waals surface area contributed by atoms with Crippen LogP contribution in [0.3, 0.4) is 0 Å². The number of amides is 1. The van der Waals surface area contributed by atoms with E-state index < -0.39 is 33.9 Å². The van der Waals surface area contributed by atoms with Crippen LogP contribution < -0.4 is 5.32 Å². The van der Waals surface area contributed by atoms with Crippen LogP contribution in [0.15, 0.2) is 29.2 Å². The average Bonchev–Trinajstić information content (AvgIpc) is 2.61. The number of piperidine rings is 1. The Bertz CT molecular complexity index is 760. The number of benzene rings is 1. The number of nitrogens with one attached hydrogen (secondary N) is 1. The van der Waals surface area contributed by atoms with E-state index in [1.807, 2.05) is 6.92 Å². The van der Waals surface area contributed by atoms with E-state index >= 15 is 0 Å². The van der Waals surface area contributed by atoms with Crippen molar-refractivity contribution in [1.29, 1.82) is 0 Å². The Morgan fingerprint density at radius 2 is 1.85 bits per heavy atom. The summed E-state index contributed by atoms with van der Waals surface area (Å²) in [5.41, 5.74) is 0.974. The number of carbonyl (C=O) groups excluding carboxylic acids is 1. The number of aliphatic carboxylic acids is 1. The van der Waals surface area contributed by atoms with Gasteiger partial charge in [-0.25, -0.2) is 8.42 Å². The van der Waals surface area contributed by atoms with Crippen LogP contribution in [0.25, 0.3) is 0 Å². The molecular weight excluding hydrogens is 356 g/mol. The summed E-state index contributed by atoms with van der Waals surface area (Å²) < 4.78 is 26.9. The largest absolute Gasteiger partial charge is 0.481 e. The summed E-state index contributed by atoms with van der Waals surface area (Å²) in [6.45, 7) is 5.54. The Hall–Kier alpha value is -1.93. The molecular formula is C18H26N2O5S. The number of hydrogen-bond acceptors (Lipinski definition) is 4. The highest BCUT2D eigenvalue weighted by Crippen LogP contribution is 2.24. The molecule has 1 amide bonds. The highest BCUT2D eigenvalue weighted by Gasteiger charge is 2.34. The molecule has 0 aliphatic carbocycles. The normalized spacial score (nSPS) is 21.0. The Morgan fingerprint density at radius 1 is 1.23 bits per heavy atom. The molecule has 0 aromatic heterocycles. The van der Waals surface area contributed by atoms with Gasteiger partial charge < -0.3 is 10.4 Å². The molecule has 1 aromatic carbocycles. The van der Waals surface area contributed by atoms with E-state index in [0.29, 0.717) is 19.4 Å². The SMILES string of the molecule is Cc1ccc(S(=O)(=O)N2CCCC(C(=O)NC(C)C(C)C(=O)O)C2)cc1. The zero-order chi connectivity index (χ0) is 19.5. The van der Waals surface area contributed by atoms with Crippen molar-refractivity contribution in [3.8, 4) is 0 Å². The minimum atomic E-state index is -3.64. The standard InChI is InChI=1S/C18H26N2O5S/c1-12-6-8-16(9-7-12)26(24,25)20-10-4-5-15(11-20)17(21)19-14(3)13(2)18(22)23/h6-9,13-15H,4-5,10-11H2,1-3H3,(H,19,21)(H,22,23). The number of hydrogen-bond donors (Lipinski definition) is 2. The van der Waals surface area contributed by atoms with Crippen molar-refractivity contribution in [3.63, 3.8) is 0 Å². The Kier molecular flexibility index (Phi) is 6.41. The van der Waals surface area contributed by atoms with Gasteiger partial charge in [0.2, 0.25) is 15.9 Å². The highest BCUT2D eigenvalue weighted by molar-refractivity contribution is 7.89. The van der Waals surface area contributed by atoms with Crippen LogP contribution in [-0.4, -0.2) is 48.8 Å². The van der Waals surface area contributed by atoms with Gasteiger partial charge in [-0.3, -0.25) is 9.59 Å². The monoisotopic (exact) mass is 382 g/mol. The maximum absolute atomic E-state index is 12.8. The van der Waals surface area contributed by atoms with Gasteiger partial charge in [0.1, 0.15) is 0 Å². The summed E-state index contributed by atoms with van der Waals surface area (Å²) >= 11 is 0. The van der Waals surface area contributed by atoms with Gasteiger partial charge in [0.25, 0.3) is 0 Å². The van der Waals surface area contributed by atoms with Gasteiger partial charge in [-0.1, -0.05) is 17.7 Å². The predicted octanol–water partition coefficient (Wildman–Crippen LogP) is 1.62. The summed E-state index contributed by atoms with van der Waals surface area (Å²) in [7, 11) is -3.64. The maximum Gasteiger partial charge on any atom is 0.308 e. The van der Waals surface area contributed by atoms with Crippen LogP contribution >= 0.6 is 0 Å². The summed E-state index contributed by atoms with van der Waals surface area (Å²) in [4.78, 5) is 23.7. The first-order valence-corrected chi connectivity index (χ1v) is 10.2. The lowest BCUT2D eigenvalue weighted by atomic mass is 9.97. The van der Waals surface area contributed by atoms with Crippen molar-refractivity contribution in [2.75, 3.05) is 13.1 Å². The van der Waals surface area contributed by atoms with Crippen molar-refractivity contribution in [2.45, 2.75) is 44.6 Å². The maximum atomic E-state index is 12.8. The van der Waals surface area contributed by atoms with Crippen molar-refractivity contribution < 1.29 is 23.1 Å². The lowest BCUT2D eigenvalue weighted by Crippen LogP contribution is -2.48. The quantitative estimate of drug-likeness (QED) is 0.778. The molecule has 1 heterocycles. The zero-order valence-corrected chi connectivity index (χ0v) is 16.1. The molecule has 0 spiro atoms. The molecule has 1 aromatic rings. The molecule has 3 atom stereocenters. The Labute approximate surface area is 154 Å². The number of rotatable bonds is 6. The summed E-state index contributed by atoms with van der Waals surface area (Å²) in [5, 5.41) is 11.7. The van der Waals surface area contributed by atoms with Crippen molar-refractivity contribution in [3.05, 3.63) is 29.8 Å². The minimum absolute atomic E-state index is 0.107. The number of nitrogens with zero attached hydrogens (tertiary/aromatic N) is 1. The summed E-state index contributed by atoms with van der Waals surface area (Å²) in [6, 6.07) is 6.12. The van der Waals surface area contributed by atoms with Crippen molar-refractivity contribution in [1.82, 2.24) is 9.62 Å². The second kappa shape index (κ2) is 8.18. The predicted molar refractivity (Wildman–Crippen MR) is 97.1 cm³/mol. The molecule has 3 unspecified atom stereocenters. The molecule has 0 bridgehead atoms. The molecule has 144 valence electrons. The second-order valence-corrected chi connectivity index (χ2v) is 8.88. The second-order valence-electron chi connectivity index (χ2n) is 6.94. The summed E-state index contributed by atoms with van der Waals surface area (Å²) in [6.07, 6.45) is 1.17. The molecule has 1 saturated heterocycles. The topological polar surface area (TPSA) is 104 Å². The minimum Gasteiger partial charge on any atom is -0.481 e. The number of sulfonamides is 1. The van der Waals surface area contributed by atoms with Gasteiger partial charge in [0.05, 0.1) is 16.7 Å². The van der Waals surface area contributed by atoms with E-state index in [0.717, 1.165) is 5.56 Å². The third kappa shape index (κ3) is 4.62.